The highest BCUT2D eigenvalue weighted by atomic mass is 35.5. The summed E-state index contributed by atoms with van der Waals surface area (Å²) in [5.41, 5.74) is -0.915. The van der Waals surface area contributed by atoms with Crippen LogP contribution in [0.15, 0.2) is 0 Å². The SMILES string of the molecule is C[N+](C)(C)C1(C(=O)CCl)COCO1. The molecule has 0 bridgehead atoms. The zero-order valence-electron chi connectivity index (χ0n) is 8.17. The predicted octanol–water partition coefficient (Wildman–Crippen LogP) is 0.201. The molecule has 0 aliphatic carbocycles. The van der Waals surface area contributed by atoms with Gasteiger partial charge in [-0.15, -0.1) is 11.6 Å². The number of Topliss-reactive ketones (excluding diaryl/α,β-unsaturated/α-hetero) is 1. The van der Waals surface area contributed by atoms with Crippen molar-refractivity contribution in [1.29, 1.82) is 0 Å². The summed E-state index contributed by atoms with van der Waals surface area (Å²) in [4.78, 5) is 11.6. The number of carbonyl (C=O) groups is 1. The van der Waals surface area contributed by atoms with Crippen LogP contribution in [0.25, 0.3) is 0 Å². The predicted molar refractivity (Wildman–Crippen MR) is 48.4 cm³/mol. The van der Waals surface area contributed by atoms with Gasteiger partial charge < -0.3 is 4.74 Å². The van der Waals surface area contributed by atoms with Crippen LogP contribution in [0.1, 0.15) is 0 Å². The molecule has 0 spiro atoms. The Hall–Kier alpha value is -0.160. The third kappa shape index (κ3) is 1.72. The molecule has 1 atom stereocenters. The van der Waals surface area contributed by atoms with E-state index in [-0.39, 0.29) is 25.1 Å². The molecule has 0 saturated carbocycles. The van der Waals surface area contributed by atoms with Gasteiger partial charge in [-0.1, -0.05) is 0 Å². The molecule has 0 amide bonds. The highest BCUT2D eigenvalue weighted by molar-refractivity contribution is 6.28. The van der Waals surface area contributed by atoms with Crippen LogP contribution in [-0.2, 0) is 14.3 Å². The van der Waals surface area contributed by atoms with Crippen molar-refractivity contribution >= 4 is 17.4 Å². The van der Waals surface area contributed by atoms with Gasteiger partial charge in [0.15, 0.2) is 6.79 Å². The summed E-state index contributed by atoms with van der Waals surface area (Å²) < 4.78 is 10.8. The normalized spacial score (nSPS) is 29.2. The maximum Gasteiger partial charge on any atom is 0.290 e. The molecule has 0 aromatic heterocycles. The van der Waals surface area contributed by atoms with Crippen LogP contribution in [0.2, 0.25) is 0 Å². The topological polar surface area (TPSA) is 35.5 Å². The number of ketones is 1. The van der Waals surface area contributed by atoms with E-state index in [2.05, 4.69) is 0 Å². The molecule has 0 radical (unpaired) electrons. The minimum absolute atomic E-state index is 0.0428. The first-order valence-electron chi connectivity index (χ1n) is 4.06. The fourth-order valence-electron chi connectivity index (χ4n) is 1.39. The number of halogens is 1. The Bertz CT molecular complexity index is 206. The average molecular weight is 209 g/mol. The second-order valence-corrected chi connectivity index (χ2v) is 4.23. The molecule has 1 aliphatic heterocycles. The van der Waals surface area contributed by atoms with Crippen LogP contribution in [-0.4, -0.2) is 56.4 Å². The highest BCUT2D eigenvalue weighted by Crippen LogP contribution is 2.27. The first kappa shape index (κ1) is 10.9. The summed E-state index contributed by atoms with van der Waals surface area (Å²) in [5.74, 6) is -0.169. The van der Waals surface area contributed by atoms with Gasteiger partial charge in [0.25, 0.3) is 5.72 Å². The summed E-state index contributed by atoms with van der Waals surface area (Å²) in [5, 5.41) is 0. The van der Waals surface area contributed by atoms with E-state index in [1.165, 1.54) is 0 Å². The van der Waals surface area contributed by atoms with E-state index in [0.29, 0.717) is 4.48 Å². The Morgan fingerprint density at radius 3 is 2.46 bits per heavy atom. The quantitative estimate of drug-likeness (QED) is 0.491. The zero-order valence-corrected chi connectivity index (χ0v) is 8.93. The molecule has 1 unspecified atom stereocenters. The Morgan fingerprint density at radius 2 is 2.15 bits per heavy atom. The number of likely N-dealkylation sites (N-methyl/N-ethyl adjacent to an activating group) is 1. The van der Waals surface area contributed by atoms with Crippen LogP contribution in [0, 0.1) is 0 Å². The lowest BCUT2D eigenvalue weighted by molar-refractivity contribution is -0.934. The number of ether oxygens (including phenoxy) is 2. The number of quaternary nitrogens is 1. The van der Waals surface area contributed by atoms with Crippen molar-refractivity contribution in [2.75, 3.05) is 40.4 Å². The van der Waals surface area contributed by atoms with E-state index < -0.39 is 5.72 Å². The molecule has 4 nitrogen and oxygen atoms in total. The smallest absolute Gasteiger partial charge is 0.290 e. The van der Waals surface area contributed by atoms with Crippen LogP contribution in [0.3, 0.4) is 0 Å². The van der Waals surface area contributed by atoms with Gasteiger partial charge in [-0.05, 0) is 0 Å². The van der Waals surface area contributed by atoms with Gasteiger partial charge in [0.2, 0.25) is 5.78 Å². The second kappa shape index (κ2) is 3.53. The van der Waals surface area contributed by atoms with Crippen molar-refractivity contribution in [2.45, 2.75) is 5.72 Å². The van der Waals surface area contributed by atoms with Crippen molar-refractivity contribution in [2.24, 2.45) is 0 Å². The Balaban J connectivity index is 2.94. The maximum absolute atomic E-state index is 11.6. The molecule has 5 heteroatoms. The van der Waals surface area contributed by atoms with E-state index >= 15 is 0 Å². The first-order chi connectivity index (χ1) is 5.94. The number of hydrogen-bond donors (Lipinski definition) is 0. The van der Waals surface area contributed by atoms with E-state index in [1.807, 2.05) is 21.1 Å². The van der Waals surface area contributed by atoms with Crippen molar-refractivity contribution in [1.82, 2.24) is 0 Å². The molecule has 0 aromatic carbocycles. The summed E-state index contributed by atoms with van der Waals surface area (Å²) in [7, 11) is 5.66. The van der Waals surface area contributed by atoms with Crippen molar-refractivity contribution in [3.63, 3.8) is 0 Å². The van der Waals surface area contributed by atoms with Gasteiger partial charge in [0.05, 0.1) is 27.0 Å². The highest BCUT2D eigenvalue weighted by Gasteiger charge is 2.54. The molecule has 1 fully saturated rings. The zero-order chi connectivity index (χ0) is 10.1. The standard InChI is InChI=1S/C8H15ClNO3/c1-10(2,3)8(7(11)4-9)5-12-6-13-8/h4-6H2,1-3H3/q+1. The molecule has 76 valence electrons. The third-order valence-electron chi connectivity index (χ3n) is 2.32. The minimum Gasteiger partial charge on any atom is -0.345 e. The summed E-state index contributed by atoms with van der Waals surface area (Å²) in [6.07, 6.45) is 0. The first-order valence-corrected chi connectivity index (χ1v) is 4.60. The minimum atomic E-state index is -0.915. The third-order valence-corrected chi connectivity index (χ3v) is 2.56. The van der Waals surface area contributed by atoms with E-state index in [9.17, 15) is 4.79 Å². The van der Waals surface area contributed by atoms with Gasteiger partial charge in [-0.3, -0.25) is 14.0 Å². The Labute approximate surface area is 82.9 Å². The van der Waals surface area contributed by atoms with Crippen LogP contribution < -0.4 is 0 Å². The van der Waals surface area contributed by atoms with Crippen LogP contribution in [0.5, 0.6) is 0 Å². The maximum atomic E-state index is 11.6. The lowest BCUT2D eigenvalue weighted by atomic mass is 10.1. The van der Waals surface area contributed by atoms with Gasteiger partial charge >= 0.3 is 0 Å². The van der Waals surface area contributed by atoms with Crippen molar-refractivity contribution in [3.05, 3.63) is 0 Å². The molecule has 0 N–H and O–H groups in total. The van der Waals surface area contributed by atoms with Gasteiger partial charge in [0, 0.05) is 0 Å². The Morgan fingerprint density at radius 1 is 1.54 bits per heavy atom. The second-order valence-electron chi connectivity index (χ2n) is 3.96. The summed E-state index contributed by atoms with van der Waals surface area (Å²) in [6, 6.07) is 0. The summed E-state index contributed by atoms with van der Waals surface area (Å²) >= 11 is 5.53. The largest absolute Gasteiger partial charge is 0.345 e. The molecule has 13 heavy (non-hydrogen) atoms. The molecule has 1 saturated heterocycles. The number of alkyl halides is 1. The summed E-state index contributed by atoms with van der Waals surface area (Å²) in [6.45, 7) is 0.445. The van der Waals surface area contributed by atoms with Gasteiger partial charge in [0.1, 0.15) is 6.61 Å². The van der Waals surface area contributed by atoms with E-state index in [4.69, 9.17) is 21.1 Å². The van der Waals surface area contributed by atoms with Crippen LogP contribution in [0.4, 0.5) is 0 Å². The molecular formula is C8H15ClNO3+. The average Bonchev–Trinajstić information content (AvgIpc) is 2.50. The molecule has 1 aliphatic rings. The molecule has 1 heterocycles. The van der Waals surface area contributed by atoms with Crippen molar-refractivity contribution in [3.8, 4) is 0 Å². The van der Waals surface area contributed by atoms with E-state index in [1.54, 1.807) is 0 Å². The van der Waals surface area contributed by atoms with Gasteiger partial charge in [-0.2, -0.15) is 0 Å². The fourth-order valence-corrected chi connectivity index (χ4v) is 1.60. The molecule has 0 aromatic rings. The number of rotatable bonds is 3. The molecular weight excluding hydrogens is 194 g/mol. The molecule has 1 rings (SSSR count). The van der Waals surface area contributed by atoms with Crippen molar-refractivity contribution < 1.29 is 18.8 Å². The lowest BCUT2D eigenvalue weighted by Gasteiger charge is -2.39. The Kier molecular flexibility index (Phi) is 2.97. The fraction of sp³-hybridized carbons (Fsp3) is 0.875. The van der Waals surface area contributed by atoms with E-state index in [0.717, 1.165) is 0 Å². The number of carbonyl (C=O) groups excluding carboxylic acids is 1. The van der Waals surface area contributed by atoms with Crippen LogP contribution >= 0.6 is 11.6 Å². The number of nitrogens with zero attached hydrogens (tertiary/aromatic N) is 1. The lowest BCUT2D eigenvalue weighted by Crippen LogP contribution is -2.64. The van der Waals surface area contributed by atoms with Gasteiger partial charge in [-0.25, -0.2) is 0 Å². The number of hydrogen-bond acceptors (Lipinski definition) is 3. The monoisotopic (exact) mass is 208 g/mol.